The fourth-order valence-electron chi connectivity index (χ4n) is 2.89. The molecule has 0 spiro atoms. The van der Waals surface area contributed by atoms with Crippen LogP contribution in [-0.4, -0.2) is 44.3 Å². The Kier molecular flexibility index (Phi) is 9.67. The van der Waals surface area contributed by atoms with Gasteiger partial charge in [0.2, 0.25) is 21.8 Å². The minimum Gasteiger partial charge on any atom is -0.354 e. The van der Waals surface area contributed by atoms with Gasteiger partial charge in [0.25, 0.3) is 0 Å². The molecule has 32 heavy (non-hydrogen) atoms. The molecule has 0 fully saturated rings. The van der Waals surface area contributed by atoms with Crippen molar-refractivity contribution in [1.29, 1.82) is 0 Å². The van der Waals surface area contributed by atoms with E-state index >= 15 is 0 Å². The van der Waals surface area contributed by atoms with E-state index < -0.39 is 32.7 Å². The normalized spacial score (nSPS) is 12.4. The topological polar surface area (TPSA) is 104 Å². The van der Waals surface area contributed by atoms with E-state index in [-0.39, 0.29) is 24.8 Å². The van der Waals surface area contributed by atoms with Crippen molar-refractivity contribution in [3.05, 3.63) is 59.9 Å². The van der Waals surface area contributed by atoms with Crippen LogP contribution in [0.5, 0.6) is 0 Å². The molecule has 2 aromatic carbocycles. The van der Waals surface area contributed by atoms with E-state index in [1.165, 1.54) is 23.9 Å². The van der Waals surface area contributed by atoms with Gasteiger partial charge in [-0.2, -0.15) is 16.5 Å². The summed E-state index contributed by atoms with van der Waals surface area (Å²) in [5.74, 6) is -1.01. The quantitative estimate of drug-likeness (QED) is 0.458. The number of nitrogens with one attached hydrogen (secondary N) is 3. The average molecular weight is 482 g/mol. The van der Waals surface area contributed by atoms with Crippen molar-refractivity contribution >= 4 is 39.3 Å². The SMILES string of the molecule is CSCCC(NS(=O)(=O)c1ccccc1F)C(=O)Nc1ccc(CC(=O)NC(C)C)cc1. The van der Waals surface area contributed by atoms with Gasteiger partial charge in [0, 0.05) is 11.7 Å². The van der Waals surface area contributed by atoms with Crippen LogP contribution < -0.4 is 15.4 Å². The Balaban J connectivity index is 2.09. The molecular weight excluding hydrogens is 453 g/mol. The van der Waals surface area contributed by atoms with Gasteiger partial charge in [0.1, 0.15) is 16.8 Å². The summed E-state index contributed by atoms with van der Waals surface area (Å²) < 4.78 is 41.6. The summed E-state index contributed by atoms with van der Waals surface area (Å²) in [7, 11) is -4.23. The number of thioether (sulfide) groups is 1. The molecule has 0 saturated heterocycles. The van der Waals surface area contributed by atoms with Gasteiger partial charge in [0.15, 0.2) is 0 Å². The Morgan fingerprint density at radius 3 is 2.31 bits per heavy atom. The van der Waals surface area contributed by atoms with Crippen molar-refractivity contribution in [2.45, 2.75) is 43.7 Å². The largest absolute Gasteiger partial charge is 0.354 e. The number of halogens is 1. The predicted octanol–water partition coefficient (Wildman–Crippen LogP) is 2.93. The molecule has 0 saturated carbocycles. The Labute approximate surface area is 192 Å². The Morgan fingerprint density at radius 1 is 1.06 bits per heavy atom. The van der Waals surface area contributed by atoms with Crippen molar-refractivity contribution in [2.24, 2.45) is 0 Å². The predicted molar refractivity (Wildman–Crippen MR) is 126 cm³/mol. The Hall–Kier alpha value is -2.43. The second-order valence-electron chi connectivity index (χ2n) is 7.47. The third-order valence-corrected chi connectivity index (χ3v) is 6.54. The van der Waals surface area contributed by atoms with E-state index in [0.29, 0.717) is 11.4 Å². The summed E-state index contributed by atoms with van der Waals surface area (Å²) in [5, 5.41) is 5.49. The van der Waals surface area contributed by atoms with Crippen LogP contribution >= 0.6 is 11.8 Å². The number of sulfonamides is 1. The number of carbonyl (C=O) groups excluding carboxylic acids is 2. The first-order valence-electron chi connectivity index (χ1n) is 10.1. The van der Waals surface area contributed by atoms with Crippen molar-refractivity contribution in [2.75, 3.05) is 17.3 Å². The fraction of sp³-hybridized carbons (Fsp3) is 0.364. The molecule has 0 heterocycles. The van der Waals surface area contributed by atoms with E-state index in [0.717, 1.165) is 17.7 Å². The molecule has 1 unspecified atom stereocenters. The average Bonchev–Trinajstić information content (AvgIpc) is 2.72. The highest BCUT2D eigenvalue weighted by Gasteiger charge is 2.27. The molecule has 0 aromatic heterocycles. The lowest BCUT2D eigenvalue weighted by Crippen LogP contribution is -2.44. The zero-order chi connectivity index (χ0) is 23.7. The van der Waals surface area contributed by atoms with Crippen LogP contribution in [0.3, 0.4) is 0 Å². The summed E-state index contributed by atoms with van der Waals surface area (Å²) in [6.07, 6.45) is 2.29. The third kappa shape index (κ3) is 7.92. The van der Waals surface area contributed by atoms with Crippen molar-refractivity contribution in [3.63, 3.8) is 0 Å². The number of carbonyl (C=O) groups is 2. The fourth-order valence-corrected chi connectivity index (χ4v) is 4.67. The number of anilines is 1. The minimum absolute atomic E-state index is 0.0485. The molecule has 7 nitrogen and oxygen atoms in total. The van der Waals surface area contributed by atoms with Gasteiger partial charge < -0.3 is 10.6 Å². The molecule has 0 aliphatic heterocycles. The lowest BCUT2D eigenvalue weighted by atomic mass is 10.1. The highest BCUT2D eigenvalue weighted by atomic mass is 32.2. The maximum Gasteiger partial charge on any atom is 0.244 e. The molecule has 1 atom stereocenters. The molecule has 0 aliphatic rings. The maximum atomic E-state index is 14.0. The second kappa shape index (κ2) is 12.0. The highest BCUT2D eigenvalue weighted by Crippen LogP contribution is 2.16. The summed E-state index contributed by atoms with van der Waals surface area (Å²) in [4.78, 5) is 24.2. The standard InChI is InChI=1S/C22H28FN3O4S2/c1-15(2)24-21(27)14-16-8-10-17(11-9-16)25-22(28)19(12-13-31-3)26-32(29,30)20-7-5-4-6-18(20)23/h4-11,15,19,26H,12-14H2,1-3H3,(H,24,27)(H,25,28). The molecule has 10 heteroatoms. The molecule has 0 radical (unpaired) electrons. The Morgan fingerprint density at radius 2 is 1.72 bits per heavy atom. The monoisotopic (exact) mass is 481 g/mol. The smallest absolute Gasteiger partial charge is 0.244 e. The van der Waals surface area contributed by atoms with Gasteiger partial charge in [-0.05, 0) is 62.1 Å². The number of benzene rings is 2. The van der Waals surface area contributed by atoms with Gasteiger partial charge in [-0.1, -0.05) is 24.3 Å². The molecule has 0 bridgehead atoms. The second-order valence-corrected chi connectivity index (χ2v) is 10.1. The van der Waals surface area contributed by atoms with Crippen LogP contribution in [0, 0.1) is 5.82 Å². The summed E-state index contributed by atoms with van der Waals surface area (Å²) >= 11 is 1.46. The lowest BCUT2D eigenvalue weighted by molar-refractivity contribution is -0.121. The number of hydrogen-bond acceptors (Lipinski definition) is 5. The lowest BCUT2D eigenvalue weighted by Gasteiger charge is -2.18. The van der Waals surface area contributed by atoms with E-state index in [9.17, 15) is 22.4 Å². The molecule has 0 aliphatic carbocycles. The van der Waals surface area contributed by atoms with Gasteiger partial charge in [-0.15, -0.1) is 0 Å². The number of amides is 2. The van der Waals surface area contributed by atoms with Gasteiger partial charge in [0.05, 0.1) is 6.42 Å². The molecular formula is C22H28FN3O4S2. The minimum atomic E-state index is -4.23. The van der Waals surface area contributed by atoms with Crippen molar-refractivity contribution in [1.82, 2.24) is 10.0 Å². The molecule has 3 N–H and O–H groups in total. The summed E-state index contributed by atoms with van der Waals surface area (Å²) in [6, 6.07) is 10.7. The van der Waals surface area contributed by atoms with Crippen LogP contribution in [-0.2, 0) is 26.0 Å². The number of hydrogen-bond donors (Lipinski definition) is 3. The molecule has 2 rings (SSSR count). The molecule has 2 amide bonds. The van der Waals surface area contributed by atoms with Crippen molar-refractivity contribution < 1.29 is 22.4 Å². The van der Waals surface area contributed by atoms with Gasteiger partial charge in [-0.25, -0.2) is 12.8 Å². The number of rotatable bonds is 11. The maximum absolute atomic E-state index is 14.0. The Bertz CT molecular complexity index is 1030. The highest BCUT2D eigenvalue weighted by molar-refractivity contribution is 7.98. The third-order valence-electron chi connectivity index (χ3n) is 4.39. The van der Waals surface area contributed by atoms with Gasteiger partial charge >= 0.3 is 0 Å². The summed E-state index contributed by atoms with van der Waals surface area (Å²) in [6.45, 7) is 3.76. The van der Waals surface area contributed by atoms with Crippen LogP contribution in [0.25, 0.3) is 0 Å². The first-order chi connectivity index (χ1) is 15.1. The summed E-state index contributed by atoms with van der Waals surface area (Å²) in [5.41, 5.74) is 1.24. The zero-order valence-corrected chi connectivity index (χ0v) is 19.9. The van der Waals surface area contributed by atoms with Crippen LogP contribution in [0.4, 0.5) is 10.1 Å². The zero-order valence-electron chi connectivity index (χ0n) is 18.2. The van der Waals surface area contributed by atoms with Gasteiger partial charge in [-0.3, -0.25) is 9.59 Å². The van der Waals surface area contributed by atoms with Crippen molar-refractivity contribution in [3.8, 4) is 0 Å². The first-order valence-corrected chi connectivity index (χ1v) is 12.9. The van der Waals surface area contributed by atoms with Crippen LogP contribution in [0.2, 0.25) is 0 Å². The molecule has 174 valence electrons. The first kappa shape index (κ1) is 25.8. The van der Waals surface area contributed by atoms with Crippen LogP contribution in [0.15, 0.2) is 53.4 Å². The van der Waals surface area contributed by atoms with Crippen LogP contribution in [0.1, 0.15) is 25.8 Å². The van der Waals surface area contributed by atoms with E-state index in [1.54, 1.807) is 24.3 Å². The molecule has 2 aromatic rings. The van der Waals surface area contributed by atoms with E-state index in [2.05, 4.69) is 15.4 Å². The van der Waals surface area contributed by atoms with E-state index in [4.69, 9.17) is 0 Å². The van der Waals surface area contributed by atoms with E-state index in [1.807, 2.05) is 20.1 Å².